The number of hydrogen-bond acceptors (Lipinski definition) is 5. The van der Waals surface area contributed by atoms with Crippen molar-refractivity contribution in [1.82, 2.24) is 4.90 Å². The van der Waals surface area contributed by atoms with Gasteiger partial charge >= 0.3 is 11.9 Å². The van der Waals surface area contributed by atoms with Crippen molar-refractivity contribution < 1.29 is 19.1 Å². The topological polar surface area (TPSA) is 68.2 Å². The fourth-order valence-corrected chi connectivity index (χ4v) is 3.50. The van der Waals surface area contributed by atoms with Crippen molar-refractivity contribution in [2.75, 3.05) is 14.2 Å². The molecule has 170 valence electrons. The summed E-state index contributed by atoms with van der Waals surface area (Å²) in [4.78, 5) is 32.0. The van der Waals surface area contributed by atoms with Gasteiger partial charge in [0.15, 0.2) is 0 Å². The van der Waals surface area contributed by atoms with E-state index in [2.05, 4.69) is 0 Å². The molecule has 0 N–H and O–H groups in total. The predicted octanol–water partition coefficient (Wildman–Crippen LogP) is 4.77. The fourth-order valence-electron chi connectivity index (χ4n) is 3.50. The number of esters is 2. The van der Waals surface area contributed by atoms with Gasteiger partial charge in [0.05, 0.1) is 26.3 Å². The van der Waals surface area contributed by atoms with Crippen LogP contribution in [0.1, 0.15) is 17.5 Å². The number of nitrogens with zero attached hydrogens (tertiary/aromatic N) is 2. The van der Waals surface area contributed by atoms with Crippen LogP contribution in [-0.2, 0) is 32.2 Å². The molecule has 1 unspecified atom stereocenters. The number of ether oxygens (including phenoxy) is 2. The molecule has 0 saturated carbocycles. The maximum absolute atomic E-state index is 12.9. The molecule has 0 aromatic heterocycles. The summed E-state index contributed by atoms with van der Waals surface area (Å²) in [5.74, 6) is -1.52. The highest BCUT2D eigenvalue weighted by atomic mass is 16.5. The van der Waals surface area contributed by atoms with Crippen LogP contribution in [0.3, 0.4) is 0 Å². The summed E-state index contributed by atoms with van der Waals surface area (Å²) in [5.41, 5.74) is 2.78. The first-order valence-electron chi connectivity index (χ1n) is 10.7. The molecule has 0 saturated heterocycles. The summed E-state index contributed by atoms with van der Waals surface area (Å²) in [6, 6.07) is 29.2. The molecule has 3 aromatic rings. The van der Waals surface area contributed by atoms with Crippen molar-refractivity contribution >= 4 is 23.5 Å². The average molecular weight is 445 g/mol. The molecule has 0 aliphatic rings. The fraction of sp³-hybridized carbons (Fsp3) is 0.222. The number of carbonyl (C=O) groups is 2. The van der Waals surface area contributed by atoms with Gasteiger partial charge in [-0.3, -0.25) is 9.59 Å². The third-order valence-corrected chi connectivity index (χ3v) is 5.15. The van der Waals surface area contributed by atoms with Gasteiger partial charge in [-0.1, -0.05) is 78.9 Å². The lowest BCUT2D eigenvalue weighted by Crippen LogP contribution is -2.40. The molecule has 3 rings (SSSR count). The maximum atomic E-state index is 12.9. The van der Waals surface area contributed by atoms with Gasteiger partial charge in [0.2, 0.25) is 0 Å². The monoisotopic (exact) mass is 444 g/mol. The maximum Gasteiger partial charge on any atom is 0.316 e. The Morgan fingerprint density at radius 1 is 0.758 bits per heavy atom. The Kier molecular flexibility index (Phi) is 8.77. The Balaban J connectivity index is 2.11. The van der Waals surface area contributed by atoms with Crippen LogP contribution in [0.4, 0.5) is 5.69 Å². The second kappa shape index (κ2) is 12.2. The van der Waals surface area contributed by atoms with E-state index in [1.165, 1.54) is 14.2 Å². The molecule has 33 heavy (non-hydrogen) atoms. The number of benzene rings is 3. The van der Waals surface area contributed by atoms with Crippen molar-refractivity contribution in [1.29, 1.82) is 0 Å². The van der Waals surface area contributed by atoms with Gasteiger partial charge in [-0.05, 0) is 23.3 Å². The van der Waals surface area contributed by atoms with Crippen LogP contribution < -0.4 is 0 Å². The smallest absolute Gasteiger partial charge is 0.316 e. The molecule has 0 radical (unpaired) electrons. The summed E-state index contributed by atoms with van der Waals surface area (Å²) in [6.45, 7) is 0.992. The molecule has 0 aliphatic carbocycles. The molecule has 6 nitrogen and oxygen atoms in total. The normalized spacial score (nSPS) is 12.0. The van der Waals surface area contributed by atoms with E-state index < -0.39 is 17.9 Å². The van der Waals surface area contributed by atoms with E-state index >= 15 is 0 Å². The first-order valence-corrected chi connectivity index (χ1v) is 10.7. The van der Waals surface area contributed by atoms with Crippen LogP contribution in [0.5, 0.6) is 0 Å². The largest absolute Gasteiger partial charge is 0.469 e. The summed E-state index contributed by atoms with van der Waals surface area (Å²) in [5, 5.41) is 0. The molecule has 0 bridgehead atoms. The number of carbonyl (C=O) groups excluding carboxylic acids is 2. The minimum atomic E-state index is -0.921. The second-order valence-corrected chi connectivity index (χ2v) is 7.49. The van der Waals surface area contributed by atoms with Crippen molar-refractivity contribution in [2.24, 2.45) is 10.9 Å². The Labute approximate surface area is 194 Å². The average Bonchev–Trinajstić information content (AvgIpc) is 2.87. The van der Waals surface area contributed by atoms with E-state index in [0.717, 1.165) is 11.1 Å². The van der Waals surface area contributed by atoms with Gasteiger partial charge in [0.25, 0.3) is 0 Å². The molecular formula is C27H28N2O4. The van der Waals surface area contributed by atoms with E-state index in [0.29, 0.717) is 24.6 Å². The van der Waals surface area contributed by atoms with Gasteiger partial charge in [-0.15, -0.1) is 0 Å². The number of methoxy groups -OCH3 is 2. The third kappa shape index (κ3) is 7.04. The van der Waals surface area contributed by atoms with E-state index in [1.54, 1.807) is 0 Å². The number of aliphatic imine (C=N–C) groups is 1. The van der Waals surface area contributed by atoms with E-state index in [9.17, 15) is 9.59 Å². The van der Waals surface area contributed by atoms with Gasteiger partial charge < -0.3 is 14.4 Å². The van der Waals surface area contributed by atoms with Gasteiger partial charge in [-0.2, -0.15) is 0 Å². The first kappa shape index (κ1) is 23.7. The third-order valence-electron chi connectivity index (χ3n) is 5.15. The van der Waals surface area contributed by atoms with Gasteiger partial charge in [0, 0.05) is 13.1 Å². The molecular weight excluding hydrogens is 416 g/mol. The van der Waals surface area contributed by atoms with Crippen molar-refractivity contribution in [3.63, 3.8) is 0 Å². The van der Waals surface area contributed by atoms with E-state index in [4.69, 9.17) is 14.5 Å². The Hall–Kier alpha value is -3.93. The molecule has 3 aromatic carbocycles. The summed E-state index contributed by atoms with van der Waals surface area (Å²) in [6.07, 6.45) is -0.172. The molecule has 0 heterocycles. The Bertz CT molecular complexity index is 1010. The van der Waals surface area contributed by atoms with Crippen LogP contribution in [0.25, 0.3) is 0 Å². The van der Waals surface area contributed by atoms with Crippen LogP contribution in [0.2, 0.25) is 0 Å². The molecule has 0 fully saturated rings. The highest BCUT2D eigenvalue weighted by Crippen LogP contribution is 2.22. The van der Waals surface area contributed by atoms with Gasteiger partial charge in [-0.25, -0.2) is 4.99 Å². The number of hydrogen-bond donors (Lipinski definition) is 0. The quantitative estimate of drug-likeness (QED) is 0.270. The molecule has 6 heteroatoms. The zero-order valence-corrected chi connectivity index (χ0v) is 18.9. The first-order chi connectivity index (χ1) is 16.1. The molecule has 0 amide bonds. The van der Waals surface area contributed by atoms with Crippen LogP contribution in [0.15, 0.2) is 96.0 Å². The van der Waals surface area contributed by atoms with Crippen LogP contribution >= 0.6 is 0 Å². The lowest BCUT2D eigenvalue weighted by Gasteiger charge is -2.30. The SMILES string of the molecule is COC(=O)CC(C(=O)OC)C(=Nc1ccccc1)N(Cc1ccccc1)Cc1ccccc1. The van der Waals surface area contributed by atoms with E-state index in [1.807, 2.05) is 95.9 Å². The minimum Gasteiger partial charge on any atom is -0.469 e. The number of rotatable bonds is 9. The Morgan fingerprint density at radius 2 is 1.24 bits per heavy atom. The summed E-state index contributed by atoms with van der Waals surface area (Å²) >= 11 is 0. The lowest BCUT2D eigenvalue weighted by molar-refractivity contribution is -0.149. The van der Waals surface area contributed by atoms with Crippen molar-refractivity contribution in [2.45, 2.75) is 19.5 Å². The Morgan fingerprint density at radius 3 is 1.70 bits per heavy atom. The van der Waals surface area contributed by atoms with Crippen molar-refractivity contribution in [3.05, 3.63) is 102 Å². The van der Waals surface area contributed by atoms with Crippen LogP contribution in [0, 0.1) is 5.92 Å². The highest BCUT2D eigenvalue weighted by Gasteiger charge is 2.32. The zero-order valence-electron chi connectivity index (χ0n) is 18.9. The number of amidine groups is 1. The molecule has 0 aliphatic heterocycles. The standard InChI is InChI=1S/C27H28N2O4/c1-32-25(30)18-24(27(31)33-2)26(28-23-16-10-5-11-17-23)29(19-21-12-6-3-7-13-21)20-22-14-8-4-9-15-22/h3-17,24H,18-20H2,1-2H3. The van der Waals surface area contributed by atoms with Crippen molar-refractivity contribution in [3.8, 4) is 0 Å². The summed E-state index contributed by atoms with van der Waals surface area (Å²) in [7, 11) is 2.61. The predicted molar refractivity (Wildman–Crippen MR) is 128 cm³/mol. The molecule has 0 spiro atoms. The van der Waals surface area contributed by atoms with Crippen LogP contribution in [-0.4, -0.2) is 36.9 Å². The second-order valence-electron chi connectivity index (χ2n) is 7.49. The van der Waals surface area contributed by atoms with E-state index in [-0.39, 0.29) is 6.42 Å². The lowest BCUT2D eigenvalue weighted by atomic mass is 10.0. The van der Waals surface area contributed by atoms with Gasteiger partial charge in [0.1, 0.15) is 11.8 Å². The summed E-state index contributed by atoms with van der Waals surface area (Å²) < 4.78 is 9.94. The minimum absolute atomic E-state index is 0.172. The molecule has 1 atom stereocenters. The highest BCUT2D eigenvalue weighted by molar-refractivity contribution is 6.04. The zero-order chi connectivity index (χ0) is 23.5. The number of para-hydroxylation sites is 1.